The zero-order valence-electron chi connectivity index (χ0n) is 13.1. The van der Waals surface area contributed by atoms with Crippen molar-refractivity contribution in [1.82, 2.24) is 10.3 Å². The molecule has 2 aromatic carbocycles. The van der Waals surface area contributed by atoms with Gasteiger partial charge in [-0.1, -0.05) is 60.1 Å². The molecule has 3 aromatic rings. The summed E-state index contributed by atoms with van der Waals surface area (Å²) >= 11 is 6.17. The minimum Gasteiger partial charge on any atom is -0.387 e. The van der Waals surface area contributed by atoms with Crippen molar-refractivity contribution in [3.8, 4) is 0 Å². The summed E-state index contributed by atoms with van der Waals surface area (Å²) in [7, 11) is 0. The van der Waals surface area contributed by atoms with Gasteiger partial charge in [0.15, 0.2) is 0 Å². The molecule has 1 heterocycles. The topological polar surface area (TPSA) is 45.1 Å². The Bertz CT molecular complexity index is 725. The van der Waals surface area contributed by atoms with Crippen LogP contribution in [0.5, 0.6) is 0 Å². The van der Waals surface area contributed by atoms with Crippen molar-refractivity contribution in [3.05, 3.63) is 101 Å². The van der Waals surface area contributed by atoms with Gasteiger partial charge >= 0.3 is 0 Å². The number of nitrogens with one attached hydrogen (secondary N) is 1. The monoisotopic (exact) mass is 338 g/mol. The van der Waals surface area contributed by atoms with Gasteiger partial charge < -0.3 is 10.4 Å². The van der Waals surface area contributed by atoms with Crippen molar-refractivity contribution in [2.75, 3.05) is 6.54 Å². The standard InChI is InChI=1S/C20H19ClN2O/c21-18-9-5-4-8-17(18)19(24)14-23-20(15-6-2-1-3-7-15)16-10-12-22-13-11-16/h1-13,19-20,23-24H,14H2. The zero-order valence-corrected chi connectivity index (χ0v) is 13.9. The first-order valence-corrected chi connectivity index (χ1v) is 8.24. The van der Waals surface area contributed by atoms with Gasteiger partial charge in [-0.05, 0) is 29.3 Å². The third-order valence-corrected chi connectivity index (χ3v) is 4.30. The molecule has 0 saturated heterocycles. The highest BCUT2D eigenvalue weighted by Gasteiger charge is 2.17. The smallest absolute Gasteiger partial charge is 0.0929 e. The van der Waals surface area contributed by atoms with Gasteiger partial charge in [0.1, 0.15) is 0 Å². The van der Waals surface area contributed by atoms with Gasteiger partial charge in [-0.3, -0.25) is 4.98 Å². The number of aromatic nitrogens is 1. The van der Waals surface area contributed by atoms with Gasteiger partial charge in [-0.25, -0.2) is 0 Å². The molecule has 0 aliphatic rings. The van der Waals surface area contributed by atoms with E-state index in [2.05, 4.69) is 22.4 Å². The Hall–Kier alpha value is -2.20. The molecule has 0 spiro atoms. The van der Waals surface area contributed by atoms with Crippen molar-refractivity contribution in [2.45, 2.75) is 12.1 Å². The average molecular weight is 339 g/mol. The highest BCUT2D eigenvalue weighted by atomic mass is 35.5. The SMILES string of the molecule is OC(CNC(c1ccccc1)c1ccncc1)c1ccccc1Cl. The van der Waals surface area contributed by atoms with E-state index in [9.17, 15) is 5.11 Å². The summed E-state index contributed by atoms with van der Waals surface area (Å²) in [5, 5.41) is 14.5. The predicted octanol–water partition coefficient (Wildman–Crippen LogP) is 4.15. The van der Waals surface area contributed by atoms with Crippen molar-refractivity contribution in [1.29, 1.82) is 0 Å². The van der Waals surface area contributed by atoms with Crippen LogP contribution in [-0.4, -0.2) is 16.6 Å². The fraction of sp³-hybridized carbons (Fsp3) is 0.150. The van der Waals surface area contributed by atoms with Crippen LogP contribution in [-0.2, 0) is 0 Å². The number of benzene rings is 2. The van der Waals surface area contributed by atoms with Crippen molar-refractivity contribution >= 4 is 11.6 Å². The first-order valence-electron chi connectivity index (χ1n) is 7.86. The van der Waals surface area contributed by atoms with E-state index in [1.807, 2.05) is 48.5 Å². The molecule has 4 heteroatoms. The second-order valence-corrected chi connectivity index (χ2v) is 5.98. The summed E-state index contributed by atoms with van der Waals surface area (Å²) in [6.45, 7) is 0.394. The van der Waals surface area contributed by atoms with E-state index < -0.39 is 6.10 Å². The number of rotatable bonds is 6. The molecule has 0 radical (unpaired) electrons. The Morgan fingerprint density at radius 2 is 1.50 bits per heavy atom. The summed E-state index contributed by atoms with van der Waals surface area (Å²) < 4.78 is 0. The van der Waals surface area contributed by atoms with Gasteiger partial charge in [0.25, 0.3) is 0 Å². The van der Waals surface area contributed by atoms with E-state index in [0.29, 0.717) is 11.6 Å². The van der Waals surface area contributed by atoms with Crippen LogP contribution < -0.4 is 5.32 Å². The van der Waals surface area contributed by atoms with Gasteiger partial charge in [-0.2, -0.15) is 0 Å². The molecule has 0 aliphatic heterocycles. The number of nitrogens with zero attached hydrogens (tertiary/aromatic N) is 1. The summed E-state index contributed by atoms with van der Waals surface area (Å²) in [6, 6.07) is 21.5. The molecule has 2 N–H and O–H groups in total. The molecule has 2 atom stereocenters. The molecule has 0 bridgehead atoms. The second-order valence-electron chi connectivity index (χ2n) is 5.57. The first kappa shape index (κ1) is 16.7. The lowest BCUT2D eigenvalue weighted by atomic mass is 9.99. The lowest BCUT2D eigenvalue weighted by Gasteiger charge is -2.22. The molecule has 0 fully saturated rings. The minimum absolute atomic E-state index is 0.0219. The maximum Gasteiger partial charge on any atom is 0.0929 e. The Kier molecular flexibility index (Phi) is 5.59. The number of aliphatic hydroxyl groups is 1. The molecule has 1 aromatic heterocycles. The van der Waals surface area contributed by atoms with Crippen molar-refractivity contribution < 1.29 is 5.11 Å². The van der Waals surface area contributed by atoms with Crippen LogP contribution >= 0.6 is 11.6 Å². The van der Waals surface area contributed by atoms with Crippen LogP contribution in [0, 0.1) is 0 Å². The van der Waals surface area contributed by atoms with Crippen LogP contribution in [0.4, 0.5) is 0 Å². The molecular weight excluding hydrogens is 320 g/mol. The Balaban J connectivity index is 1.79. The normalized spacial score (nSPS) is 13.4. The molecular formula is C20H19ClN2O. The highest BCUT2D eigenvalue weighted by molar-refractivity contribution is 6.31. The first-order chi connectivity index (χ1) is 11.8. The second kappa shape index (κ2) is 8.06. The van der Waals surface area contributed by atoms with Gasteiger partial charge in [0.05, 0.1) is 12.1 Å². The fourth-order valence-corrected chi connectivity index (χ4v) is 2.98. The summed E-state index contributed by atoms with van der Waals surface area (Å²) in [5.74, 6) is 0. The number of hydrogen-bond donors (Lipinski definition) is 2. The Morgan fingerprint density at radius 3 is 2.21 bits per heavy atom. The summed E-state index contributed by atoms with van der Waals surface area (Å²) in [5.41, 5.74) is 2.96. The van der Waals surface area contributed by atoms with Crippen LogP contribution in [0.2, 0.25) is 5.02 Å². The summed E-state index contributed by atoms with van der Waals surface area (Å²) in [4.78, 5) is 4.08. The quantitative estimate of drug-likeness (QED) is 0.709. The van der Waals surface area contributed by atoms with Crippen LogP contribution in [0.1, 0.15) is 28.8 Å². The fourth-order valence-electron chi connectivity index (χ4n) is 2.71. The number of pyridine rings is 1. The minimum atomic E-state index is -0.674. The van der Waals surface area contributed by atoms with Crippen LogP contribution in [0.15, 0.2) is 79.1 Å². The Labute approximate surface area is 147 Å². The van der Waals surface area contributed by atoms with E-state index in [0.717, 1.165) is 16.7 Å². The molecule has 24 heavy (non-hydrogen) atoms. The number of halogens is 1. The molecule has 3 rings (SSSR count). The lowest BCUT2D eigenvalue weighted by molar-refractivity contribution is 0.172. The maximum atomic E-state index is 10.5. The van der Waals surface area contributed by atoms with E-state index in [1.54, 1.807) is 18.5 Å². The number of hydrogen-bond acceptors (Lipinski definition) is 3. The molecule has 2 unspecified atom stereocenters. The third-order valence-electron chi connectivity index (χ3n) is 3.95. The largest absolute Gasteiger partial charge is 0.387 e. The van der Waals surface area contributed by atoms with Gasteiger partial charge in [0, 0.05) is 29.5 Å². The Morgan fingerprint density at radius 1 is 0.875 bits per heavy atom. The number of aliphatic hydroxyl groups excluding tert-OH is 1. The van der Waals surface area contributed by atoms with E-state index >= 15 is 0 Å². The van der Waals surface area contributed by atoms with E-state index in [-0.39, 0.29) is 6.04 Å². The van der Waals surface area contributed by atoms with E-state index in [4.69, 9.17) is 11.6 Å². The molecule has 3 nitrogen and oxygen atoms in total. The van der Waals surface area contributed by atoms with Crippen LogP contribution in [0.3, 0.4) is 0 Å². The predicted molar refractivity (Wildman–Crippen MR) is 96.9 cm³/mol. The highest BCUT2D eigenvalue weighted by Crippen LogP contribution is 2.25. The molecule has 0 aliphatic carbocycles. The van der Waals surface area contributed by atoms with Gasteiger partial charge in [-0.15, -0.1) is 0 Å². The molecule has 0 saturated carbocycles. The maximum absolute atomic E-state index is 10.5. The average Bonchev–Trinajstić information content (AvgIpc) is 2.64. The third kappa shape index (κ3) is 4.01. The molecule has 122 valence electrons. The zero-order chi connectivity index (χ0) is 16.8. The molecule has 0 amide bonds. The summed E-state index contributed by atoms with van der Waals surface area (Å²) in [6.07, 6.45) is 2.88. The van der Waals surface area contributed by atoms with E-state index in [1.165, 1.54) is 0 Å². The van der Waals surface area contributed by atoms with Gasteiger partial charge in [0.2, 0.25) is 0 Å². The van der Waals surface area contributed by atoms with Crippen LogP contribution in [0.25, 0.3) is 0 Å². The van der Waals surface area contributed by atoms with Crippen molar-refractivity contribution in [3.63, 3.8) is 0 Å². The van der Waals surface area contributed by atoms with Crippen molar-refractivity contribution in [2.24, 2.45) is 0 Å². The lowest BCUT2D eigenvalue weighted by Crippen LogP contribution is -2.27.